The van der Waals surface area contributed by atoms with Gasteiger partial charge in [-0.25, -0.2) is 4.39 Å². The SMILES string of the molecule is NNc1cc(C(=O)NC2CCCSC2)c([N+](=O)[O-])cc1F. The lowest BCUT2D eigenvalue weighted by molar-refractivity contribution is -0.385. The molecular formula is C12H15FN4O3S. The van der Waals surface area contributed by atoms with Gasteiger partial charge >= 0.3 is 0 Å². The molecule has 21 heavy (non-hydrogen) atoms. The van der Waals surface area contributed by atoms with E-state index in [2.05, 4.69) is 10.7 Å². The van der Waals surface area contributed by atoms with E-state index in [0.717, 1.165) is 30.4 Å². The van der Waals surface area contributed by atoms with Crippen LogP contribution in [0.25, 0.3) is 0 Å². The highest BCUT2D eigenvalue weighted by Crippen LogP contribution is 2.26. The fraction of sp³-hybridized carbons (Fsp3) is 0.417. The summed E-state index contributed by atoms with van der Waals surface area (Å²) in [5.41, 5.74) is 1.14. The molecule has 0 spiro atoms. The highest BCUT2D eigenvalue weighted by Gasteiger charge is 2.25. The van der Waals surface area contributed by atoms with E-state index in [1.165, 1.54) is 0 Å². The molecule has 114 valence electrons. The third kappa shape index (κ3) is 3.61. The quantitative estimate of drug-likeness (QED) is 0.443. The van der Waals surface area contributed by atoms with Gasteiger partial charge in [-0.3, -0.25) is 20.8 Å². The zero-order valence-electron chi connectivity index (χ0n) is 11.1. The maximum Gasteiger partial charge on any atom is 0.285 e. The third-order valence-corrected chi connectivity index (χ3v) is 4.39. The van der Waals surface area contributed by atoms with Gasteiger partial charge in [0, 0.05) is 11.8 Å². The smallest absolute Gasteiger partial charge is 0.285 e. The van der Waals surface area contributed by atoms with Crippen LogP contribution in [0.2, 0.25) is 0 Å². The summed E-state index contributed by atoms with van der Waals surface area (Å²) in [7, 11) is 0. The second-order valence-electron chi connectivity index (χ2n) is 4.64. The van der Waals surface area contributed by atoms with Crippen LogP contribution in [0.4, 0.5) is 15.8 Å². The summed E-state index contributed by atoms with van der Waals surface area (Å²) in [6, 6.07) is 1.72. The largest absolute Gasteiger partial charge is 0.348 e. The molecule has 7 nitrogen and oxygen atoms in total. The standard InChI is InChI=1S/C12H15FN4O3S/c13-9-5-11(17(19)20)8(4-10(9)16-14)12(18)15-7-2-1-3-21-6-7/h4-5,7,16H,1-3,6,14H2,(H,15,18). The van der Waals surface area contributed by atoms with Crippen molar-refractivity contribution in [1.82, 2.24) is 5.32 Å². The Kier molecular flexibility index (Phi) is 4.97. The number of thioether (sulfide) groups is 1. The monoisotopic (exact) mass is 314 g/mol. The number of nitro groups is 1. The number of nitrogen functional groups attached to an aromatic ring is 1. The summed E-state index contributed by atoms with van der Waals surface area (Å²) in [4.78, 5) is 22.4. The number of nitrogens with one attached hydrogen (secondary N) is 2. The molecule has 1 unspecified atom stereocenters. The topological polar surface area (TPSA) is 110 Å². The Labute approximate surface area is 124 Å². The predicted octanol–water partition coefficient (Wildman–Crippen LogP) is 1.64. The number of hydrogen-bond acceptors (Lipinski definition) is 6. The molecule has 1 saturated heterocycles. The molecule has 2 rings (SSSR count). The summed E-state index contributed by atoms with van der Waals surface area (Å²) >= 11 is 1.72. The molecule has 0 aromatic heterocycles. The molecule has 9 heteroatoms. The van der Waals surface area contributed by atoms with Gasteiger partial charge in [-0.15, -0.1) is 0 Å². The number of hydrazine groups is 1. The average Bonchev–Trinajstić information content (AvgIpc) is 2.47. The van der Waals surface area contributed by atoms with Gasteiger partial charge in [0.2, 0.25) is 0 Å². The van der Waals surface area contributed by atoms with Crippen LogP contribution in [0.3, 0.4) is 0 Å². The van der Waals surface area contributed by atoms with Gasteiger partial charge in [-0.05, 0) is 24.7 Å². The Morgan fingerprint density at radius 1 is 1.52 bits per heavy atom. The van der Waals surface area contributed by atoms with E-state index in [1.807, 2.05) is 0 Å². The second kappa shape index (κ2) is 6.72. The summed E-state index contributed by atoms with van der Waals surface area (Å²) in [5.74, 6) is 5.48. The fourth-order valence-corrected chi connectivity index (χ4v) is 3.20. The Morgan fingerprint density at radius 3 is 2.86 bits per heavy atom. The van der Waals surface area contributed by atoms with Crippen molar-refractivity contribution in [2.24, 2.45) is 5.84 Å². The molecule has 1 aromatic rings. The van der Waals surface area contributed by atoms with Gasteiger partial charge in [0.15, 0.2) is 5.82 Å². The van der Waals surface area contributed by atoms with Gasteiger partial charge < -0.3 is 10.7 Å². The van der Waals surface area contributed by atoms with Gasteiger partial charge in [0.05, 0.1) is 16.7 Å². The van der Waals surface area contributed by atoms with Crippen molar-refractivity contribution in [2.45, 2.75) is 18.9 Å². The Balaban J connectivity index is 2.27. The van der Waals surface area contributed by atoms with Crippen molar-refractivity contribution in [3.63, 3.8) is 0 Å². The number of benzene rings is 1. The summed E-state index contributed by atoms with van der Waals surface area (Å²) in [5, 5.41) is 13.7. The fourth-order valence-electron chi connectivity index (χ4n) is 2.12. The van der Waals surface area contributed by atoms with E-state index in [-0.39, 0.29) is 17.3 Å². The number of amides is 1. The van der Waals surface area contributed by atoms with Crippen LogP contribution in [-0.4, -0.2) is 28.4 Å². The summed E-state index contributed by atoms with van der Waals surface area (Å²) < 4.78 is 13.5. The molecule has 1 aliphatic rings. The van der Waals surface area contributed by atoms with Crippen molar-refractivity contribution >= 4 is 29.0 Å². The van der Waals surface area contributed by atoms with Gasteiger partial charge in [-0.1, -0.05) is 0 Å². The van der Waals surface area contributed by atoms with Crippen LogP contribution in [0, 0.1) is 15.9 Å². The van der Waals surface area contributed by atoms with E-state index in [4.69, 9.17) is 5.84 Å². The molecule has 1 heterocycles. The number of rotatable bonds is 4. The van der Waals surface area contributed by atoms with Crippen molar-refractivity contribution in [3.8, 4) is 0 Å². The van der Waals surface area contributed by atoms with Crippen LogP contribution in [-0.2, 0) is 0 Å². The molecule has 0 saturated carbocycles. The minimum Gasteiger partial charge on any atom is -0.348 e. The first-order valence-corrected chi connectivity index (χ1v) is 7.51. The summed E-state index contributed by atoms with van der Waals surface area (Å²) in [6.45, 7) is 0. The molecule has 4 N–H and O–H groups in total. The van der Waals surface area contributed by atoms with Gasteiger partial charge in [0.25, 0.3) is 11.6 Å². The Hall–Kier alpha value is -1.87. The van der Waals surface area contributed by atoms with E-state index < -0.39 is 22.3 Å². The van der Waals surface area contributed by atoms with Crippen molar-refractivity contribution in [1.29, 1.82) is 0 Å². The molecule has 1 fully saturated rings. The lowest BCUT2D eigenvalue weighted by atomic mass is 10.1. The number of nitro benzene ring substituents is 1. The first kappa shape index (κ1) is 15.5. The van der Waals surface area contributed by atoms with E-state index in [0.29, 0.717) is 6.07 Å². The number of anilines is 1. The van der Waals surface area contributed by atoms with Crippen molar-refractivity contribution in [3.05, 3.63) is 33.6 Å². The molecule has 1 aromatic carbocycles. The maximum absolute atomic E-state index is 13.5. The molecule has 1 aliphatic heterocycles. The number of carbonyl (C=O) groups is 1. The Morgan fingerprint density at radius 2 is 2.29 bits per heavy atom. The number of hydrogen-bond donors (Lipinski definition) is 3. The van der Waals surface area contributed by atoms with E-state index >= 15 is 0 Å². The van der Waals surface area contributed by atoms with E-state index in [9.17, 15) is 19.3 Å². The Bertz CT molecular complexity index is 564. The maximum atomic E-state index is 13.5. The first-order chi connectivity index (χ1) is 10.0. The molecule has 0 radical (unpaired) electrons. The van der Waals surface area contributed by atoms with Crippen LogP contribution in [0.15, 0.2) is 12.1 Å². The minimum absolute atomic E-state index is 0.0322. The number of halogens is 1. The van der Waals surface area contributed by atoms with Gasteiger partial charge in [-0.2, -0.15) is 11.8 Å². The highest BCUT2D eigenvalue weighted by molar-refractivity contribution is 7.99. The second-order valence-corrected chi connectivity index (χ2v) is 5.79. The normalized spacial score (nSPS) is 18.1. The third-order valence-electron chi connectivity index (χ3n) is 3.18. The van der Waals surface area contributed by atoms with E-state index in [1.54, 1.807) is 11.8 Å². The summed E-state index contributed by atoms with van der Waals surface area (Å²) in [6.07, 6.45) is 1.81. The number of nitrogens with zero attached hydrogens (tertiary/aromatic N) is 1. The lowest BCUT2D eigenvalue weighted by Gasteiger charge is -2.22. The average molecular weight is 314 g/mol. The van der Waals surface area contributed by atoms with Crippen LogP contribution < -0.4 is 16.6 Å². The molecule has 0 bridgehead atoms. The van der Waals surface area contributed by atoms with Crippen LogP contribution in [0.1, 0.15) is 23.2 Å². The molecule has 0 aliphatic carbocycles. The van der Waals surface area contributed by atoms with Crippen molar-refractivity contribution in [2.75, 3.05) is 16.9 Å². The number of carbonyl (C=O) groups excluding carboxylic acids is 1. The number of nitrogens with two attached hydrogens (primary N) is 1. The highest BCUT2D eigenvalue weighted by atomic mass is 32.2. The van der Waals surface area contributed by atoms with Gasteiger partial charge in [0.1, 0.15) is 5.56 Å². The molecular weight excluding hydrogens is 299 g/mol. The van der Waals surface area contributed by atoms with Crippen LogP contribution in [0.5, 0.6) is 0 Å². The minimum atomic E-state index is -0.881. The lowest BCUT2D eigenvalue weighted by Crippen LogP contribution is -2.38. The first-order valence-electron chi connectivity index (χ1n) is 6.36. The zero-order valence-corrected chi connectivity index (χ0v) is 11.9. The molecule has 1 atom stereocenters. The molecule has 1 amide bonds. The zero-order chi connectivity index (χ0) is 15.4. The predicted molar refractivity (Wildman–Crippen MR) is 78.7 cm³/mol. The van der Waals surface area contributed by atoms with Crippen molar-refractivity contribution < 1.29 is 14.1 Å². The van der Waals surface area contributed by atoms with Crippen LogP contribution >= 0.6 is 11.8 Å².